The van der Waals surface area contributed by atoms with Gasteiger partial charge in [-0.05, 0) is 17.7 Å². The van der Waals surface area contributed by atoms with Gasteiger partial charge in [0.05, 0.1) is 6.61 Å². The lowest BCUT2D eigenvalue weighted by molar-refractivity contribution is -0.124. The first-order chi connectivity index (χ1) is 8.20. The van der Waals surface area contributed by atoms with E-state index in [4.69, 9.17) is 9.47 Å². The Morgan fingerprint density at radius 1 is 1.59 bits per heavy atom. The van der Waals surface area contributed by atoms with Crippen molar-refractivity contribution in [3.8, 4) is 5.75 Å². The molecule has 0 aliphatic carbocycles. The van der Waals surface area contributed by atoms with E-state index in [-0.39, 0.29) is 12.5 Å². The Hall–Kier alpha value is -1.07. The summed E-state index contributed by atoms with van der Waals surface area (Å²) < 4.78 is 11.3. The molecule has 1 aliphatic heterocycles. The van der Waals surface area contributed by atoms with Crippen LogP contribution in [0, 0.1) is 0 Å². The summed E-state index contributed by atoms with van der Waals surface area (Å²) in [5.74, 6) is 0.783. The highest BCUT2D eigenvalue weighted by Gasteiger charge is 2.17. The molecule has 0 saturated carbocycles. The van der Waals surface area contributed by atoms with Crippen LogP contribution in [-0.4, -0.2) is 26.2 Å². The maximum absolute atomic E-state index is 11.3. The van der Waals surface area contributed by atoms with Crippen LogP contribution in [0.15, 0.2) is 16.6 Å². The van der Waals surface area contributed by atoms with E-state index in [2.05, 4.69) is 27.3 Å². The van der Waals surface area contributed by atoms with E-state index in [1.54, 1.807) is 0 Å². The topological polar surface area (TPSA) is 47.6 Å². The number of benzene rings is 1. The molecule has 1 heterocycles. The number of nitrogens with one attached hydrogen (secondary N) is 1. The molecule has 5 heteroatoms. The summed E-state index contributed by atoms with van der Waals surface area (Å²) in [6, 6.07) is 4.03. The summed E-state index contributed by atoms with van der Waals surface area (Å²) in [7, 11) is 1.50. The van der Waals surface area contributed by atoms with Crippen LogP contribution < -0.4 is 10.1 Å². The summed E-state index contributed by atoms with van der Waals surface area (Å²) in [6.45, 7) is 1.26. The second-order valence-electron chi connectivity index (χ2n) is 3.86. The predicted octanol–water partition coefficient (Wildman–Crippen LogP) is 1.65. The van der Waals surface area contributed by atoms with Crippen LogP contribution in [0.25, 0.3) is 0 Å². The molecule has 92 valence electrons. The first-order valence-electron chi connectivity index (χ1n) is 5.40. The number of methoxy groups -OCH3 is 1. The fraction of sp³-hybridized carbons (Fsp3) is 0.417. The molecular formula is C12H14BrNO3. The fourth-order valence-electron chi connectivity index (χ4n) is 1.85. The van der Waals surface area contributed by atoms with E-state index in [0.29, 0.717) is 13.2 Å². The minimum absolute atomic E-state index is 0.0804. The minimum atomic E-state index is -0.126. The van der Waals surface area contributed by atoms with E-state index in [0.717, 1.165) is 22.2 Å². The van der Waals surface area contributed by atoms with Crippen molar-refractivity contribution in [3.63, 3.8) is 0 Å². The summed E-state index contributed by atoms with van der Waals surface area (Å²) in [6.07, 6.45) is 0.924. The summed E-state index contributed by atoms with van der Waals surface area (Å²) in [4.78, 5) is 11.3. The van der Waals surface area contributed by atoms with Gasteiger partial charge in [-0.3, -0.25) is 4.79 Å². The van der Waals surface area contributed by atoms with E-state index in [1.165, 1.54) is 12.7 Å². The Bertz CT molecular complexity index is 434. The molecule has 0 saturated heterocycles. The summed E-state index contributed by atoms with van der Waals surface area (Å²) in [5.41, 5.74) is 2.19. The normalized spacial score (nSPS) is 13.1. The SMILES string of the molecule is COCC(=O)NCc1cc(Br)cc2c1OCC2. The number of ether oxygens (including phenoxy) is 2. The molecule has 0 unspecified atom stereocenters. The van der Waals surface area contributed by atoms with Gasteiger partial charge in [-0.15, -0.1) is 0 Å². The van der Waals surface area contributed by atoms with Crippen molar-refractivity contribution in [3.05, 3.63) is 27.7 Å². The van der Waals surface area contributed by atoms with E-state index < -0.39 is 0 Å². The summed E-state index contributed by atoms with van der Waals surface area (Å²) in [5, 5.41) is 2.79. The van der Waals surface area contributed by atoms with E-state index >= 15 is 0 Å². The van der Waals surface area contributed by atoms with Gasteiger partial charge in [0.2, 0.25) is 5.91 Å². The van der Waals surface area contributed by atoms with Gasteiger partial charge in [0.1, 0.15) is 12.4 Å². The number of halogens is 1. The zero-order valence-corrected chi connectivity index (χ0v) is 11.2. The Kier molecular flexibility index (Phi) is 4.02. The number of carbonyl (C=O) groups excluding carboxylic acids is 1. The highest BCUT2D eigenvalue weighted by atomic mass is 79.9. The lowest BCUT2D eigenvalue weighted by Crippen LogP contribution is -2.26. The van der Waals surface area contributed by atoms with Crippen molar-refractivity contribution in [2.45, 2.75) is 13.0 Å². The highest BCUT2D eigenvalue weighted by Crippen LogP contribution is 2.32. The number of amides is 1. The van der Waals surface area contributed by atoms with Crippen LogP contribution in [0.5, 0.6) is 5.75 Å². The third-order valence-corrected chi connectivity index (χ3v) is 3.03. The van der Waals surface area contributed by atoms with Gasteiger partial charge in [0, 0.05) is 30.1 Å². The monoisotopic (exact) mass is 299 g/mol. The number of carbonyl (C=O) groups is 1. The molecular weight excluding hydrogens is 286 g/mol. The van der Waals surface area contributed by atoms with Crippen LogP contribution in [0.2, 0.25) is 0 Å². The maximum atomic E-state index is 11.3. The van der Waals surface area contributed by atoms with Gasteiger partial charge in [-0.1, -0.05) is 15.9 Å². The first-order valence-corrected chi connectivity index (χ1v) is 6.19. The van der Waals surface area contributed by atoms with Gasteiger partial charge < -0.3 is 14.8 Å². The first kappa shape index (κ1) is 12.4. The van der Waals surface area contributed by atoms with Crippen molar-refractivity contribution >= 4 is 21.8 Å². The molecule has 1 aliphatic rings. The second-order valence-corrected chi connectivity index (χ2v) is 4.78. The lowest BCUT2D eigenvalue weighted by Gasteiger charge is -2.10. The van der Waals surface area contributed by atoms with Crippen molar-refractivity contribution in [1.29, 1.82) is 0 Å². The molecule has 0 atom stereocenters. The Balaban J connectivity index is 2.08. The highest BCUT2D eigenvalue weighted by molar-refractivity contribution is 9.10. The predicted molar refractivity (Wildman–Crippen MR) is 67.1 cm³/mol. The largest absolute Gasteiger partial charge is 0.493 e. The molecule has 1 amide bonds. The average molecular weight is 300 g/mol. The minimum Gasteiger partial charge on any atom is -0.493 e. The van der Waals surface area contributed by atoms with Crippen molar-refractivity contribution in [1.82, 2.24) is 5.32 Å². The molecule has 1 N–H and O–H groups in total. The lowest BCUT2D eigenvalue weighted by atomic mass is 10.1. The molecule has 2 rings (SSSR count). The molecule has 0 radical (unpaired) electrons. The second kappa shape index (κ2) is 5.51. The van der Waals surface area contributed by atoms with E-state index in [9.17, 15) is 4.79 Å². The van der Waals surface area contributed by atoms with Crippen LogP contribution in [0.1, 0.15) is 11.1 Å². The quantitative estimate of drug-likeness (QED) is 0.919. The molecule has 0 aromatic heterocycles. The van der Waals surface area contributed by atoms with Crippen molar-refractivity contribution in [2.24, 2.45) is 0 Å². The molecule has 1 aromatic rings. The molecule has 1 aromatic carbocycles. The number of hydrogen-bond donors (Lipinski definition) is 1. The summed E-state index contributed by atoms with van der Waals surface area (Å²) >= 11 is 3.46. The van der Waals surface area contributed by atoms with Gasteiger partial charge in [0.15, 0.2) is 0 Å². The molecule has 0 spiro atoms. The standard InChI is InChI=1S/C12H14BrNO3/c1-16-7-11(15)14-6-9-5-10(13)4-8-2-3-17-12(8)9/h4-5H,2-3,6-7H2,1H3,(H,14,15). The number of hydrogen-bond acceptors (Lipinski definition) is 3. The van der Waals surface area contributed by atoms with Crippen LogP contribution in [0.4, 0.5) is 0 Å². The smallest absolute Gasteiger partial charge is 0.246 e. The molecule has 17 heavy (non-hydrogen) atoms. The molecule has 4 nitrogen and oxygen atoms in total. The Labute approximate surface area is 108 Å². The van der Waals surface area contributed by atoms with Crippen LogP contribution in [-0.2, 0) is 22.5 Å². The zero-order valence-electron chi connectivity index (χ0n) is 9.59. The van der Waals surface area contributed by atoms with Gasteiger partial charge in [-0.2, -0.15) is 0 Å². The Morgan fingerprint density at radius 2 is 2.41 bits per heavy atom. The zero-order chi connectivity index (χ0) is 12.3. The average Bonchev–Trinajstić information content (AvgIpc) is 2.74. The van der Waals surface area contributed by atoms with Crippen molar-refractivity contribution in [2.75, 3.05) is 20.3 Å². The molecule has 0 fully saturated rings. The van der Waals surface area contributed by atoms with Gasteiger partial charge in [-0.25, -0.2) is 0 Å². The fourth-order valence-corrected chi connectivity index (χ4v) is 2.41. The third-order valence-electron chi connectivity index (χ3n) is 2.58. The van der Waals surface area contributed by atoms with Gasteiger partial charge in [0.25, 0.3) is 0 Å². The van der Waals surface area contributed by atoms with Crippen LogP contribution in [0.3, 0.4) is 0 Å². The van der Waals surface area contributed by atoms with Gasteiger partial charge >= 0.3 is 0 Å². The number of fused-ring (bicyclic) bond motifs is 1. The van der Waals surface area contributed by atoms with Crippen molar-refractivity contribution < 1.29 is 14.3 Å². The third kappa shape index (κ3) is 2.98. The number of rotatable bonds is 4. The maximum Gasteiger partial charge on any atom is 0.246 e. The molecule has 0 bridgehead atoms. The Morgan fingerprint density at radius 3 is 3.18 bits per heavy atom. The van der Waals surface area contributed by atoms with Crippen LogP contribution >= 0.6 is 15.9 Å². The van der Waals surface area contributed by atoms with E-state index in [1.807, 2.05) is 6.07 Å².